The lowest BCUT2D eigenvalue weighted by atomic mass is 9.81. The molecule has 35 heteroatoms. The van der Waals surface area contributed by atoms with Crippen LogP contribution in [-0.2, 0) is 73.5 Å². The molecule has 0 bridgehead atoms. The Kier molecular flexibility index (Phi) is 35.2. The zero-order valence-electron chi connectivity index (χ0n) is 55.9. The molecule has 2 rings (SSSR count). The Balaban J connectivity index is 2.47. The first-order valence-corrected chi connectivity index (χ1v) is 33.3. The van der Waals surface area contributed by atoms with Crippen molar-refractivity contribution in [1.29, 1.82) is 0 Å². The molecular formula is C60H103N19O15S. The van der Waals surface area contributed by atoms with Crippen molar-refractivity contribution in [2.45, 2.75) is 230 Å². The lowest BCUT2D eigenvalue weighted by molar-refractivity contribution is -0.140. The van der Waals surface area contributed by atoms with Gasteiger partial charge in [0.15, 0.2) is 5.96 Å². The molecule has 95 heavy (non-hydrogen) atoms. The summed E-state index contributed by atoms with van der Waals surface area (Å²) in [5.74, 6) is -14.2. The molecule has 10 atom stereocenters. The van der Waals surface area contributed by atoms with Crippen LogP contribution in [0.3, 0.4) is 0 Å². The van der Waals surface area contributed by atoms with Gasteiger partial charge < -0.3 is 97.7 Å². The summed E-state index contributed by atoms with van der Waals surface area (Å²) >= 11 is 1.31. The summed E-state index contributed by atoms with van der Waals surface area (Å²) in [5, 5.41) is 35.6. The van der Waals surface area contributed by atoms with E-state index in [0.29, 0.717) is 18.5 Å². The monoisotopic (exact) mass is 1360 g/mol. The smallest absolute Gasteiger partial charge is 0.303 e. The van der Waals surface area contributed by atoms with Gasteiger partial charge in [-0.05, 0) is 101 Å². The number of guanidine groups is 1. The van der Waals surface area contributed by atoms with Crippen LogP contribution in [0.5, 0.6) is 0 Å². The van der Waals surface area contributed by atoms with Gasteiger partial charge in [0.2, 0.25) is 76.8 Å². The Bertz CT molecular complexity index is 2830. The van der Waals surface area contributed by atoms with Gasteiger partial charge >= 0.3 is 5.97 Å². The molecule has 0 spiro atoms. The summed E-state index contributed by atoms with van der Waals surface area (Å²) in [6, 6.07) is -13.0. The SMILES string of the molecule is CC[C@H](C)[C@H](NC(=O)[C@H](CCC(=O)O)NC(=O)C(C)(C)NC(=O)[C@@H](NC(=O)C1(N)CCCCC1)C(C)C)C(=O)N[C@@H](CCC(N)=O)C(=O)N[C@@H](CC(C)C)C(=O)N[C@@H](CCSC)C(=O)N[C@@H](Cc1cnc[nH]1)C(=O)N[C@@H](CCC(N)=O)C(=O)N[C@@H](CCCN=C(N)N)C(N)=O. The van der Waals surface area contributed by atoms with Gasteiger partial charge in [0, 0.05) is 44.1 Å². The van der Waals surface area contributed by atoms with Crippen molar-refractivity contribution in [3.8, 4) is 0 Å². The Labute approximate surface area is 557 Å². The summed E-state index contributed by atoms with van der Waals surface area (Å²) in [6.45, 7) is 12.9. The van der Waals surface area contributed by atoms with Crippen molar-refractivity contribution < 1.29 is 72.2 Å². The predicted molar refractivity (Wildman–Crippen MR) is 351 cm³/mol. The Morgan fingerprint density at radius 2 is 1.09 bits per heavy atom. The third-order valence-electron chi connectivity index (χ3n) is 15.9. The van der Waals surface area contributed by atoms with Gasteiger partial charge in [-0.2, -0.15) is 11.8 Å². The number of nitrogens with zero attached hydrogens (tertiary/aromatic N) is 2. The van der Waals surface area contributed by atoms with Crippen LogP contribution in [0.25, 0.3) is 0 Å². The molecule has 534 valence electrons. The van der Waals surface area contributed by atoms with E-state index in [-0.39, 0.29) is 69.1 Å². The van der Waals surface area contributed by atoms with E-state index in [9.17, 15) is 72.2 Å². The van der Waals surface area contributed by atoms with Gasteiger partial charge in [-0.3, -0.25) is 72.1 Å². The molecule has 0 aromatic carbocycles. The number of H-pyrrole nitrogens is 1. The number of nitrogens with one attached hydrogen (secondary N) is 11. The van der Waals surface area contributed by atoms with E-state index in [1.807, 2.05) is 0 Å². The minimum absolute atomic E-state index is 0.0107. The van der Waals surface area contributed by atoms with Gasteiger partial charge in [0.05, 0.1) is 11.9 Å². The number of primary amides is 3. The van der Waals surface area contributed by atoms with Crippen LogP contribution < -0.4 is 87.6 Å². The quantitative estimate of drug-likeness (QED) is 0.0170. The number of aromatic nitrogens is 2. The highest BCUT2D eigenvalue weighted by Gasteiger charge is 2.42. The van der Waals surface area contributed by atoms with E-state index in [1.54, 1.807) is 47.8 Å². The molecule has 0 saturated heterocycles. The molecule has 1 aromatic rings. The minimum atomic E-state index is -1.78. The van der Waals surface area contributed by atoms with Crippen LogP contribution in [-0.4, -0.2) is 188 Å². The van der Waals surface area contributed by atoms with Crippen LogP contribution in [0.4, 0.5) is 0 Å². The zero-order chi connectivity index (χ0) is 71.9. The van der Waals surface area contributed by atoms with Gasteiger partial charge in [-0.25, -0.2) is 4.98 Å². The Morgan fingerprint density at radius 1 is 0.611 bits per heavy atom. The fourth-order valence-corrected chi connectivity index (χ4v) is 10.5. The van der Waals surface area contributed by atoms with E-state index in [2.05, 4.69) is 68.1 Å². The number of carboxylic acids is 1. The molecule has 1 aliphatic carbocycles. The average Bonchev–Trinajstić information content (AvgIpc) is 1.02. The average molecular weight is 1360 g/mol. The lowest BCUT2D eigenvalue weighted by Gasteiger charge is -2.35. The summed E-state index contributed by atoms with van der Waals surface area (Å²) in [7, 11) is 0. The van der Waals surface area contributed by atoms with Crippen molar-refractivity contribution in [1.82, 2.24) is 63.1 Å². The number of aliphatic imine (C=N–C) groups is 1. The largest absolute Gasteiger partial charge is 0.481 e. The minimum Gasteiger partial charge on any atom is -0.481 e. The first kappa shape index (κ1) is 82.5. The molecule has 0 aliphatic heterocycles. The molecular weight excluding hydrogens is 1260 g/mol. The summed E-state index contributed by atoms with van der Waals surface area (Å²) in [6.07, 6.45) is 4.94. The molecule has 1 fully saturated rings. The number of hydrogen-bond donors (Lipinski definition) is 18. The number of carbonyl (C=O) groups is 14. The van der Waals surface area contributed by atoms with E-state index < -0.39 is 192 Å². The Morgan fingerprint density at radius 3 is 1.58 bits per heavy atom. The standard InChI is InChI=1S/C60H103N19O15S/c1-10-33(6)46(77-51(88)38(18-21-44(82)83)76-56(93)59(7,8)79-55(92)45(32(4)5)78-57(94)60(66)23-12-11-13-24-60)54(91)73-37(17-20-43(62)81)49(86)74-40(27-31(2)3)52(89)72-39(22-26-95-9)50(87)75-41(28-34-29-67-30-69-34)53(90)71-36(16-19-42(61)80)48(85)70-35(47(63)84)15-14-25-68-58(64)65/h29-33,35-41,45-46H,10-28,66H2,1-9H3,(H2,61,80)(H2,62,81)(H2,63,84)(H,67,69)(H,70,85)(H,71,90)(H,72,89)(H,73,91)(H,74,86)(H,75,87)(H,76,93)(H,77,88)(H,78,94)(H,79,92)(H,82,83)(H4,64,65,68)/t33-,35-,36-,37-,38-,39-,40-,41-,45-,46-/m0/s1. The van der Waals surface area contributed by atoms with Crippen molar-refractivity contribution in [2.75, 3.05) is 18.6 Å². The molecule has 1 aliphatic rings. The number of thioether (sulfide) groups is 1. The Hall–Kier alpha value is -8.63. The normalized spacial score (nSPS) is 16.0. The maximum Gasteiger partial charge on any atom is 0.303 e. The highest BCUT2D eigenvalue weighted by molar-refractivity contribution is 7.98. The number of carbonyl (C=O) groups excluding carboxylic acids is 13. The molecule has 1 saturated carbocycles. The molecule has 13 amide bonds. The molecule has 34 nitrogen and oxygen atoms in total. The van der Waals surface area contributed by atoms with Crippen LogP contribution in [0, 0.1) is 17.8 Å². The van der Waals surface area contributed by atoms with Crippen molar-refractivity contribution in [3.63, 3.8) is 0 Å². The summed E-state index contributed by atoms with van der Waals surface area (Å²) in [4.78, 5) is 200. The number of nitrogens with two attached hydrogens (primary N) is 6. The lowest BCUT2D eigenvalue weighted by Crippen LogP contribution is -2.65. The van der Waals surface area contributed by atoms with Crippen molar-refractivity contribution in [2.24, 2.45) is 57.1 Å². The third kappa shape index (κ3) is 29.7. The second kappa shape index (κ2) is 40.6. The number of hydrogen-bond acceptors (Lipinski definition) is 18. The molecule has 1 heterocycles. The molecule has 1 aromatic heterocycles. The maximum absolute atomic E-state index is 14.5. The van der Waals surface area contributed by atoms with E-state index in [0.717, 1.165) is 19.3 Å². The summed E-state index contributed by atoms with van der Waals surface area (Å²) in [5.41, 5.74) is 31.1. The molecule has 0 unspecified atom stereocenters. The van der Waals surface area contributed by atoms with Crippen LogP contribution in [0.15, 0.2) is 17.5 Å². The van der Waals surface area contributed by atoms with Gasteiger partial charge in [0.1, 0.15) is 59.9 Å². The van der Waals surface area contributed by atoms with Gasteiger partial charge in [-0.1, -0.05) is 67.2 Å². The fraction of sp³-hybridized carbons (Fsp3) is 0.700. The number of amides is 13. The highest BCUT2D eigenvalue weighted by atomic mass is 32.2. The topological polar surface area (TPSA) is 577 Å². The number of imidazole rings is 1. The van der Waals surface area contributed by atoms with E-state index in [4.69, 9.17) is 34.4 Å². The zero-order valence-corrected chi connectivity index (χ0v) is 56.8. The fourth-order valence-electron chi connectivity index (χ4n) is 10.1. The van der Waals surface area contributed by atoms with Crippen LogP contribution >= 0.6 is 11.8 Å². The highest BCUT2D eigenvalue weighted by Crippen LogP contribution is 2.27. The van der Waals surface area contributed by atoms with Crippen LogP contribution in [0.1, 0.15) is 164 Å². The van der Waals surface area contributed by atoms with Gasteiger partial charge in [0.25, 0.3) is 0 Å². The van der Waals surface area contributed by atoms with Crippen molar-refractivity contribution >= 4 is 100 Å². The van der Waals surface area contributed by atoms with Gasteiger partial charge in [-0.15, -0.1) is 0 Å². The maximum atomic E-state index is 14.5. The second-order valence-corrected chi connectivity index (χ2v) is 26.3. The molecule has 24 N–H and O–H groups in total. The van der Waals surface area contributed by atoms with E-state index >= 15 is 0 Å². The number of carboxylic acid groups (broad SMARTS) is 1. The van der Waals surface area contributed by atoms with Crippen molar-refractivity contribution in [3.05, 3.63) is 18.2 Å². The number of aromatic amines is 1. The first-order chi connectivity index (χ1) is 44.4. The number of rotatable bonds is 44. The second-order valence-electron chi connectivity index (χ2n) is 25.3. The predicted octanol–water partition coefficient (Wildman–Crippen LogP) is -3.69. The molecule has 0 radical (unpaired) electrons. The van der Waals surface area contributed by atoms with Crippen LogP contribution in [0.2, 0.25) is 0 Å². The first-order valence-electron chi connectivity index (χ1n) is 31.9. The summed E-state index contributed by atoms with van der Waals surface area (Å²) < 4.78 is 0. The third-order valence-corrected chi connectivity index (χ3v) is 16.6. The van der Waals surface area contributed by atoms with E-state index in [1.165, 1.54) is 38.1 Å². The number of aliphatic carboxylic acids is 1.